The Hall–Kier alpha value is -2.14. The number of carbonyl (C=O) groups excluding carboxylic acids is 2. The number of esters is 1. The zero-order valence-corrected chi connectivity index (χ0v) is 16.4. The average Bonchev–Trinajstić information content (AvgIpc) is 2.83. The predicted octanol–water partition coefficient (Wildman–Crippen LogP) is 3.64. The maximum Gasteiger partial charge on any atom is 0.338 e. The largest absolute Gasteiger partial charge is 0.508 e. The van der Waals surface area contributed by atoms with Crippen LogP contribution in [0.3, 0.4) is 0 Å². The van der Waals surface area contributed by atoms with Crippen molar-refractivity contribution >= 4 is 11.8 Å². The van der Waals surface area contributed by atoms with Gasteiger partial charge in [0.25, 0.3) is 0 Å². The third kappa shape index (κ3) is 3.29. The summed E-state index contributed by atoms with van der Waals surface area (Å²) in [5.41, 5.74) is -0.637. The molecule has 1 aromatic carbocycles. The highest BCUT2D eigenvalue weighted by Crippen LogP contribution is 2.56. The molecule has 1 saturated carbocycles. The van der Waals surface area contributed by atoms with E-state index in [2.05, 4.69) is 0 Å². The van der Waals surface area contributed by atoms with Gasteiger partial charge in [-0.2, -0.15) is 0 Å². The fourth-order valence-corrected chi connectivity index (χ4v) is 4.77. The maximum absolute atomic E-state index is 12.9. The minimum atomic E-state index is -1.07. The summed E-state index contributed by atoms with van der Waals surface area (Å²) in [6.07, 6.45) is 2.56. The predicted molar refractivity (Wildman–Crippen MR) is 101 cm³/mol. The van der Waals surface area contributed by atoms with Crippen LogP contribution in [0.2, 0.25) is 0 Å². The Kier molecular flexibility index (Phi) is 4.93. The van der Waals surface area contributed by atoms with Crippen LogP contribution in [0.25, 0.3) is 0 Å². The van der Waals surface area contributed by atoms with Crippen LogP contribution in [-0.4, -0.2) is 33.7 Å². The fraction of sp³-hybridized carbons (Fsp3) is 0.545. The molecule has 0 unspecified atom stereocenters. The lowest BCUT2D eigenvalue weighted by Crippen LogP contribution is -2.51. The molecule has 0 bridgehead atoms. The molecule has 1 fully saturated rings. The summed E-state index contributed by atoms with van der Waals surface area (Å²) in [5.74, 6) is -0.965. The first-order valence-corrected chi connectivity index (χ1v) is 9.52. The van der Waals surface area contributed by atoms with Gasteiger partial charge in [0.05, 0.1) is 11.2 Å². The lowest BCUT2D eigenvalue weighted by molar-refractivity contribution is -0.140. The van der Waals surface area contributed by atoms with Crippen molar-refractivity contribution in [3.63, 3.8) is 0 Å². The second-order valence-corrected chi connectivity index (χ2v) is 8.59. The van der Waals surface area contributed by atoms with Gasteiger partial charge >= 0.3 is 5.97 Å². The number of phenolic OH excluding ortho intramolecular Hbond substituents is 1. The summed E-state index contributed by atoms with van der Waals surface area (Å²) in [7, 11) is 0. The van der Waals surface area contributed by atoms with Crippen LogP contribution in [0.5, 0.6) is 5.75 Å². The van der Waals surface area contributed by atoms with E-state index in [4.69, 9.17) is 4.74 Å². The third-order valence-electron chi connectivity index (χ3n) is 6.47. The van der Waals surface area contributed by atoms with Gasteiger partial charge in [-0.05, 0) is 56.0 Å². The van der Waals surface area contributed by atoms with Crippen molar-refractivity contribution in [3.8, 4) is 5.75 Å². The summed E-state index contributed by atoms with van der Waals surface area (Å²) >= 11 is 0. The van der Waals surface area contributed by atoms with Gasteiger partial charge in [-0.25, -0.2) is 4.79 Å². The van der Waals surface area contributed by atoms with Crippen LogP contribution < -0.4 is 0 Å². The number of hydrogen-bond donors (Lipinski definition) is 2. The molecule has 5 nitrogen and oxygen atoms in total. The number of rotatable bonds is 3. The highest BCUT2D eigenvalue weighted by atomic mass is 16.5. The van der Waals surface area contributed by atoms with E-state index in [0.717, 1.165) is 5.57 Å². The second kappa shape index (κ2) is 6.79. The number of aliphatic hydroxyl groups is 1. The van der Waals surface area contributed by atoms with Crippen molar-refractivity contribution in [1.29, 1.82) is 0 Å². The number of carbonyl (C=O) groups is 2. The minimum Gasteiger partial charge on any atom is -0.508 e. The van der Waals surface area contributed by atoms with Gasteiger partial charge in [-0.15, -0.1) is 0 Å². The lowest BCUT2D eigenvalue weighted by atomic mass is 9.67. The standard InChI is InChI=1S/C22H28O5/c1-13(2)22(26)10-9-21(4)18(24)12-14(3)11-17(19(21)22)27-20(25)15-5-7-16(23)8-6-15/h5-8,12-13,17,19,23,26H,9-11H2,1-4H3/t17-,19+,21+,22+/m1/s1. The van der Waals surface area contributed by atoms with Gasteiger partial charge in [0.1, 0.15) is 11.9 Å². The van der Waals surface area contributed by atoms with Crippen LogP contribution >= 0.6 is 0 Å². The fourth-order valence-electron chi connectivity index (χ4n) is 4.77. The lowest BCUT2D eigenvalue weighted by Gasteiger charge is -2.42. The molecule has 0 saturated heterocycles. The molecule has 0 spiro atoms. The molecular weight excluding hydrogens is 344 g/mol. The summed E-state index contributed by atoms with van der Waals surface area (Å²) in [6, 6.07) is 5.88. The molecular formula is C22H28O5. The van der Waals surface area contributed by atoms with Gasteiger partial charge in [0.2, 0.25) is 0 Å². The Balaban J connectivity index is 1.98. The number of fused-ring (bicyclic) bond motifs is 1. The maximum atomic E-state index is 12.9. The molecule has 2 aliphatic carbocycles. The third-order valence-corrected chi connectivity index (χ3v) is 6.47. The zero-order valence-electron chi connectivity index (χ0n) is 16.4. The molecule has 146 valence electrons. The number of aromatic hydroxyl groups is 1. The van der Waals surface area contributed by atoms with Crippen LogP contribution in [0.4, 0.5) is 0 Å². The van der Waals surface area contributed by atoms with E-state index in [-0.39, 0.29) is 17.5 Å². The van der Waals surface area contributed by atoms with Crippen molar-refractivity contribution in [1.82, 2.24) is 0 Å². The van der Waals surface area contributed by atoms with Crippen molar-refractivity contribution in [3.05, 3.63) is 41.5 Å². The first kappa shape index (κ1) is 19.6. The highest BCUT2D eigenvalue weighted by Gasteiger charge is 2.62. The number of phenols is 1. The molecule has 4 atom stereocenters. The Morgan fingerprint density at radius 3 is 2.44 bits per heavy atom. The van der Waals surface area contributed by atoms with Gasteiger partial charge in [-0.1, -0.05) is 26.3 Å². The summed E-state index contributed by atoms with van der Waals surface area (Å²) in [5, 5.41) is 20.9. The first-order valence-electron chi connectivity index (χ1n) is 9.52. The van der Waals surface area contributed by atoms with Gasteiger partial charge in [0, 0.05) is 17.8 Å². The van der Waals surface area contributed by atoms with Crippen molar-refractivity contribution < 1.29 is 24.5 Å². The van der Waals surface area contributed by atoms with E-state index < -0.39 is 29.0 Å². The number of allylic oxidation sites excluding steroid dienone is 1. The molecule has 2 N–H and O–H groups in total. The second-order valence-electron chi connectivity index (χ2n) is 8.59. The topological polar surface area (TPSA) is 83.8 Å². The number of hydrogen-bond acceptors (Lipinski definition) is 5. The van der Waals surface area contributed by atoms with Crippen LogP contribution in [0, 0.1) is 17.3 Å². The van der Waals surface area contributed by atoms with E-state index in [9.17, 15) is 19.8 Å². The monoisotopic (exact) mass is 372 g/mol. The van der Waals surface area contributed by atoms with Crippen molar-refractivity contribution in [2.24, 2.45) is 17.3 Å². The Morgan fingerprint density at radius 1 is 1.22 bits per heavy atom. The summed E-state index contributed by atoms with van der Waals surface area (Å²) in [4.78, 5) is 25.6. The quantitative estimate of drug-likeness (QED) is 0.792. The van der Waals surface area contributed by atoms with Gasteiger partial charge in [0.15, 0.2) is 5.78 Å². The molecule has 27 heavy (non-hydrogen) atoms. The van der Waals surface area contributed by atoms with E-state index in [0.29, 0.717) is 24.8 Å². The Morgan fingerprint density at radius 2 is 1.85 bits per heavy atom. The number of ether oxygens (including phenoxy) is 1. The first-order chi connectivity index (χ1) is 12.6. The van der Waals surface area contributed by atoms with Crippen LogP contribution in [0.1, 0.15) is 57.3 Å². The van der Waals surface area contributed by atoms with E-state index in [1.807, 2.05) is 27.7 Å². The average molecular weight is 372 g/mol. The molecule has 0 radical (unpaired) electrons. The Labute approximate surface area is 160 Å². The SMILES string of the molecule is CC1=CC(=O)[C@]2(C)CC[C@](O)(C(C)C)[C@H]2[C@H](OC(=O)c2ccc(O)cc2)C1. The van der Waals surface area contributed by atoms with Crippen molar-refractivity contribution in [2.45, 2.75) is 58.7 Å². The van der Waals surface area contributed by atoms with Gasteiger partial charge < -0.3 is 14.9 Å². The van der Waals surface area contributed by atoms with Crippen molar-refractivity contribution in [2.75, 3.05) is 0 Å². The van der Waals surface area contributed by atoms with E-state index in [1.165, 1.54) is 24.3 Å². The molecule has 0 amide bonds. The molecule has 1 aromatic rings. The highest BCUT2D eigenvalue weighted by molar-refractivity contribution is 5.96. The number of benzene rings is 1. The van der Waals surface area contributed by atoms with E-state index in [1.54, 1.807) is 6.08 Å². The van der Waals surface area contributed by atoms with Crippen LogP contribution in [-0.2, 0) is 9.53 Å². The number of ketones is 1. The van der Waals surface area contributed by atoms with Gasteiger partial charge in [-0.3, -0.25) is 4.79 Å². The smallest absolute Gasteiger partial charge is 0.338 e. The normalized spacial score (nSPS) is 33.4. The molecule has 2 aliphatic rings. The molecule has 3 rings (SSSR count). The Bertz CT molecular complexity index is 778. The molecule has 0 aliphatic heterocycles. The zero-order chi connectivity index (χ0) is 20.0. The molecule has 5 heteroatoms. The van der Waals surface area contributed by atoms with Crippen LogP contribution in [0.15, 0.2) is 35.9 Å². The molecule has 0 aromatic heterocycles. The summed E-state index contributed by atoms with van der Waals surface area (Å²) < 4.78 is 5.87. The molecule has 0 heterocycles. The minimum absolute atomic E-state index is 0.00441. The summed E-state index contributed by atoms with van der Waals surface area (Å²) in [6.45, 7) is 7.63. The van der Waals surface area contributed by atoms with E-state index >= 15 is 0 Å².